The minimum absolute atomic E-state index is 0.135. The zero-order valence-corrected chi connectivity index (χ0v) is 19.6. The standard InChI is InChI=1S/C22H25Cl2N5O3/c1-22(2,3)32-21(31)26-11-13-6-7-29-19(8-13)16(12-27-29)20(30)28-18(10-25)15-5-4-14(23)9-17(15)24/h4-5,9,12-13,18H,6-8,11H2,1-3H3,(H,26,31)(H,28,30). The summed E-state index contributed by atoms with van der Waals surface area (Å²) in [6.07, 6.45) is 2.42. The zero-order valence-electron chi connectivity index (χ0n) is 18.1. The predicted octanol–water partition coefficient (Wildman–Crippen LogP) is 4.27. The molecule has 1 aliphatic rings. The van der Waals surface area contributed by atoms with Gasteiger partial charge in [-0.05, 0) is 51.7 Å². The van der Waals surface area contributed by atoms with Crippen LogP contribution in [0.1, 0.15) is 54.8 Å². The Labute approximate surface area is 196 Å². The molecular formula is C22H25Cl2N5O3. The summed E-state index contributed by atoms with van der Waals surface area (Å²) in [5.41, 5.74) is 1.07. The molecule has 0 radical (unpaired) electrons. The molecule has 3 rings (SSSR count). The number of benzene rings is 1. The number of halogens is 2. The van der Waals surface area contributed by atoms with Crippen LogP contribution in [0.15, 0.2) is 24.4 Å². The molecule has 8 nitrogen and oxygen atoms in total. The molecule has 10 heteroatoms. The van der Waals surface area contributed by atoms with Gasteiger partial charge in [-0.15, -0.1) is 0 Å². The third-order valence-corrected chi connectivity index (χ3v) is 5.60. The highest BCUT2D eigenvalue weighted by Crippen LogP contribution is 2.27. The summed E-state index contributed by atoms with van der Waals surface area (Å²) in [7, 11) is 0. The topological polar surface area (TPSA) is 109 Å². The van der Waals surface area contributed by atoms with Gasteiger partial charge in [-0.2, -0.15) is 10.4 Å². The molecule has 2 heterocycles. The Morgan fingerprint density at radius 1 is 1.38 bits per heavy atom. The fourth-order valence-corrected chi connectivity index (χ4v) is 4.05. The van der Waals surface area contributed by atoms with Gasteiger partial charge < -0.3 is 15.4 Å². The molecule has 0 saturated heterocycles. The fourth-order valence-electron chi connectivity index (χ4n) is 3.53. The van der Waals surface area contributed by atoms with Gasteiger partial charge in [0.15, 0.2) is 0 Å². The second kappa shape index (κ2) is 9.80. The Balaban J connectivity index is 1.67. The molecule has 2 N–H and O–H groups in total. The predicted molar refractivity (Wildman–Crippen MR) is 121 cm³/mol. The molecule has 0 aliphatic carbocycles. The third kappa shape index (κ3) is 5.93. The third-order valence-electron chi connectivity index (χ3n) is 5.04. The molecule has 2 unspecified atom stereocenters. The number of alkyl carbamates (subject to hydrolysis) is 1. The van der Waals surface area contributed by atoms with E-state index in [0.29, 0.717) is 40.7 Å². The Morgan fingerprint density at radius 2 is 2.12 bits per heavy atom. The average Bonchev–Trinajstić information content (AvgIpc) is 3.13. The summed E-state index contributed by atoms with van der Waals surface area (Å²) in [5.74, 6) is -0.277. The van der Waals surface area contributed by atoms with E-state index in [4.69, 9.17) is 27.9 Å². The summed E-state index contributed by atoms with van der Waals surface area (Å²) in [6, 6.07) is 5.89. The van der Waals surface area contributed by atoms with Gasteiger partial charge in [-0.1, -0.05) is 29.3 Å². The number of aromatic nitrogens is 2. The van der Waals surface area contributed by atoms with Crippen LogP contribution < -0.4 is 10.6 Å². The number of aryl methyl sites for hydroxylation is 1. The molecule has 0 fully saturated rings. The van der Waals surface area contributed by atoms with Crippen molar-refractivity contribution in [3.05, 3.63) is 51.3 Å². The molecule has 0 bridgehead atoms. The molecule has 0 spiro atoms. The molecule has 2 amide bonds. The van der Waals surface area contributed by atoms with Crippen LogP contribution in [0.5, 0.6) is 0 Å². The van der Waals surface area contributed by atoms with Crippen molar-refractivity contribution in [3.8, 4) is 6.07 Å². The maximum Gasteiger partial charge on any atom is 0.407 e. The summed E-state index contributed by atoms with van der Waals surface area (Å²) in [5, 5.41) is 20.1. The van der Waals surface area contributed by atoms with Gasteiger partial charge in [0.1, 0.15) is 11.6 Å². The van der Waals surface area contributed by atoms with Gasteiger partial charge in [-0.3, -0.25) is 9.48 Å². The normalized spacial score (nSPS) is 16.4. The first-order valence-corrected chi connectivity index (χ1v) is 11.0. The van der Waals surface area contributed by atoms with E-state index in [-0.39, 0.29) is 5.92 Å². The Bertz CT molecular complexity index is 1050. The number of nitrogens with one attached hydrogen (secondary N) is 2. The second-order valence-corrected chi connectivity index (χ2v) is 9.51. The van der Waals surface area contributed by atoms with Crippen LogP contribution in [0.3, 0.4) is 0 Å². The Kier molecular flexibility index (Phi) is 7.32. The van der Waals surface area contributed by atoms with Crippen LogP contribution in [-0.2, 0) is 17.7 Å². The number of ether oxygens (including phenoxy) is 1. The number of carbonyl (C=O) groups is 2. The highest BCUT2D eigenvalue weighted by Gasteiger charge is 2.28. The number of hydrogen-bond donors (Lipinski definition) is 2. The lowest BCUT2D eigenvalue weighted by atomic mass is 9.94. The highest BCUT2D eigenvalue weighted by molar-refractivity contribution is 6.35. The molecule has 170 valence electrons. The number of fused-ring (bicyclic) bond motifs is 1. The van der Waals surface area contributed by atoms with E-state index in [1.165, 1.54) is 12.3 Å². The van der Waals surface area contributed by atoms with Gasteiger partial charge in [0.25, 0.3) is 5.91 Å². The van der Waals surface area contributed by atoms with Gasteiger partial charge in [0.05, 0.1) is 23.5 Å². The largest absolute Gasteiger partial charge is 0.444 e. The van der Waals surface area contributed by atoms with Crippen LogP contribution in [0.2, 0.25) is 10.0 Å². The molecule has 2 atom stereocenters. The Morgan fingerprint density at radius 3 is 2.78 bits per heavy atom. The summed E-state index contributed by atoms with van der Waals surface area (Å²) in [4.78, 5) is 24.9. The van der Waals surface area contributed by atoms with Gasteiger partial charge in [0.2, 0.25) is 0 Å². The molecule has 2 aromatic rings. The van der Waals surface area contributed by atoms with E-state index in [1.807, 2.05) is 20.8 Å². The number of nitrogens with zero attached hydrogens (tertiary/aromatic N) is 3. The maximum atomic E-state index is 13.0. The summed E-state index contributed by atoms with van der Waals surface area (Å²) < 4.78 is 7.07. The summed E-state index contributed by atoms with van der Waals surface area (Å²) in [6.45, 7) is 6.49. The van der Waals surface area contributed by atoms with E-state index < -0.39 is 23.6 Å². The number of hydrogen-bond acceptors (Lipinski definition) is 5. The lowest BCUT2D eigenvalue weighted by Gasteiger charge is -2.25. The number of rotatable bonds is 5. The first-order valence-electron chi connectivity index (χ1n) is 10.2. The van der Waals surface area contributed by atoms with Gasteiger partial charge in [0, 0.05) is 28.7 Å². The monoisotopic (exact) mass is 477 g/mol. The van der Waals surface area contributed by atoms with Crippen molar-refractivity contribution in [2.24, 2.45) is 5.92 Å². The molecule has 1 aromatic carbocycles. The fraction of sp³-hybridized carbons (Fsp3) is 0.455. The zero-order chi connectivity index (χ0) is 23.5. The van der Waals surface area contributed by atoms with E-state index in [0.717, 1.165) is 12.1 Å². The molecule has 1 aliphatic heterocycles. The van der Waals surface area contributed by atoms with Crippen molar-refractivity contribution in [1.29, 1.82) is 5.26 Å². The molecule has 32 heavy (non-hydrogen) atoms. The number of nitriles is 1. The smallest absolute Gasteiger partial charge is 0.407 e. The van der Waals surface area contributed by atoms with Crippen molar-refractivity contribution in [2.45, 2.75) is 51.8 Å². The van der Waals surface area contributed by atoms with Crippen molar-refractivity contribution in [3.63, 3.8) is 0 Å². The van der Waals surface area contributed by atoms with Crippen LogP contribution in [-0.4, -0.2) is 33.9 Å². The highest BCUT2D eigenvalue weighted by atomic mass is 35.5. The molecule has 1 aromatic heterocycles. The van der Waals surface area contributed by atoms with Crippen LogP contribution >= 0.6 is 23.2 Å². The van der Waals surface area contributed by atoms with Gasteiger partial charge in [-0.25, -0.2) is 4.79 Å². The quantitative estimate of drug-likeness (QED) is 0.667. The lowest BCUT2D eigenvalue weighted by molar-refractivity contribution is 0.0516. The van der Waals surface area contributed by atoms with E-state index in [9.17, 15) is 14.9 Å². The minimum atomic E-state index is -0.934. The van der Waals surface area contributed by atoms with Crippen LogP contribution in [0.25, 0.3) is 0 Å². The summed E-state index contributed by atoms with van der Waals surface area (Å²) >= 11 is 12.1. The van der Waals surface area contributed by atoms with E-state index in [2.05, 4.69) is 21.8 Å². The second-order valence-electron chi connectivity index (χ2n) is 8.67. The maximum absolute atomic E-state index is 13.0. The Hall–Kier alpha value is -2.76. The van der Waals surface area contributed by atoms with Crippen molar-refractivity contribution in [2.75, 3.05) is 6.54 Å². The first kappa shape index (κ1) is 23.9. The number of amides is 2. The van der Waals surface area contributed by atoms with E-state index >= 15 is 0 Å². The van der Waals surface area contributed by atoms with Crippen molar-refractivity contribution < 1.29 is 14.3 Å². The van der Waals surface area contributed by atoms with E-state index in [1.54, 1.807) is 16.8 Å². The van der Waals surface area contributed by atoms with Crippen molar-refractivity contribution in [1.82, 2.24) is 20.4 Å². The van der Waals surface area contributed by atoms with Crippen molar-refractivity contribution >= 4 is 35.2 Å². The molecule has 0 saturated carbocycles. The average molecular weight is 478 g/mol. The number of carbonyl (C=O) groups excluding carboxylic acids is 2. The van der Waals surface area contributed by atoms with Gasteiger partial charge >= 0.3 is 6.09 Å². The van der Waals surface area contributed by atoms with Crippen LogP contribution in [0, 0.1) is 17.2 Å². The SMILES string of the molecule is CC(C)(C)OC(=O)NCC1CCn2ncc(C(=O)NC(C#N)c3ccc(Cl)cc3Cl)c2C1. The van der Waals surface area contributed by atoms with Crippen LogP contribution in [0.4, 0.5) is 4.79 Å². The lowest BCUT2D eigenvalue weighted by Crippen LogP contribution is -2.37. The minimum Gasteiger partial charge on any atom is -0.444 e. The molecular weight excluding hydrogens is 453 g/mol. The first-order chi connectivity index (χ1) is 15.1.